The Balaban J connectivity index is 2.50. The molecule has 3 N–H and O–H groups in total. The number of rotatable bonds is 11. The maximum atomic E-state index is 5.91. The Hall–Kier alpha value is -0.740. The Labute approximate surface area is 139 Å². The minimum atomic E-state index is 0.483. The highest BCUT2D eigenvalue weighted by molar-refractivity contribution is 7.99. The zero-order valence-electron chi connectivity index (χ0n) is 13.3. The second-order valence-corrected chi connectivity index (χ2v) is 6.92. The number of hydrogen-bond donors (Lipinski definition) is 2. The Bertz CT molecular complexity index is 433. The van der Waals surface area contributed by atoms with Crippen LogP contribution in [0.1, 0.15) is 57.9 Å². The van der Waals surface area contributed by atoms with Gasteiger partial charge in [0.05, 0.1) is 0 Å². The predicted molar refractivity (Wildman–Crippen MR) is 101 cm³/mol. The molecule has 0 fully saturated rings. The van der Waals surface area contributed by atoms with Gasteiger partial charge in [-0.1, -0.05) is 64.2 Å². The van der Waals surface area contributed by atoms with E-state index >= 15 is 0 Å². The van der Waals surface area contributed by atoms with Crippen LogP contribution in [0.2, 0.25) is 0 Å². The fraction of sp³-hybridized carbons (Fsp3) is 0.588. The summed E-state index contributed by atoms with van der Waals surface area (Å²) >= 11 is 7.01. The molecule has 0 radical (unpaired) electrons. The standard InChI is InChI=1S/C17H28N2S2/c1-3-5-6-7-8-9-13-19-14-11-10-12-15(21-4-2)16(14)17(18)20/h10-12,19H,3-9,13H2,1-2H3,(H2,18,20). The van der Waals surface area contributed by atoms with Gasteiger partial charge in [0.15, 0.2) is 0 Å². The first-order valence-corrected chi connectivity index (χ1v) is 9.39. The maximum absolute atomic E-state index is 5.91. The van der Waals surface area contributed by atoms with Crippen molar-refractivity contribution < 1.29 is 0 Å². The van der Waals surface area contributed by atoms with Gasteiger partial charge >= 0.3 is 0 Å². The molecule has 0 heterocycles. The number of thioether (sulfide) groups is 1. The van der Waals surface area contributed by atoms with Gasteiger partial charge in [-0.2, -0.15) is 0 Å². The van der Waals surface area contributed by atoms with Gasteiger partial charge in [0, 0.05) is 22.7 Å². The normalized spacial score (nSPS) is 10.6. The Morgan fingerprint density at radius 2 is 1.86 bits per heavy atom. The van der Waals surface area contributed by atoms with E-state index in [1.165, 1.54) is 43.4 Å². The third-order valence-corrected chi connectivity index (χ3v) is 4.56. The van der Waals surface area contributed by atoms with Gasteiger partial charge in [0.1, 0.15) is 4.99 Å². The summed E-state index contributed by atoms with van der Waals surface area (Å²) in [6.07, 6.45) is 7.85. The fourth-order valence-corrected chi connectivity index (χ4v) is 3.47. The summed E-state index contributed by atoms with van der Waals surface area (Å²) in [6.45, 7) is 5.38. The number of benzene rings is 1. The predicted octanol–water partition coefficient (Wildman–Crippen LogP) is 5.21. The maximum Gasteiger partial charge on any atom is 0.107 e. The van der Waals surface area contributed by atoms with Crippen LogP contribution in [0.15, 0.2) is 23.1 Å². The molecule has 0 aromatic heterocycles. The topological polar surface area (TPSA) is 38.0 Å². The van der Waals surface area contributed by atoms with Gasteiger partial charge in [-0.3, -0.25) is 0 Å². The smallest absolute Gasteiger partial charge is 0.107 e. The van der Waals surface area contributed by atoms with Crippen LogP contribution in [-0.2, 0) is 0 Å². The van der Waals surface area contributed by atoms with E-state index in [0.29, 0.717) is 4.99 Å². The van der Waals surface area contributed by atoms with Crippen LogP contribution >= 0.6 is 24.0 Å². The van der Waals surface area contributed by atoms with E-state index in [4.69, 9.17) is 18.0 Å². The highest BCUT2D eigenvalue weighted by atomic mass is 32.2. The molecule has 0 saturated carbocycles. The highest BCUT2D eigenvalue weighted by Crippen LogP contribution is 2.28. The van der Waals surface area contributed by atoms with E-state index in [-0.39, 0.29) is 0 Å². The number of anilines is 1. The molecule has 0 atom stereocenters. The Morgan fingerprint density at radius 3 is 2.52 bits per heavy atom. The van der Waals surface area contributed by atoms with E-state index in [9.17, 15) is 0 Å². The molecule has 1 rings (SSSR count). The first-order chi connectivity index (χ1) is 10.2. The molecule has 0 aliphatic heterocycles. The zero-order valence-corrected chi connectivity index (χ0v) is 14.9. The van der Waals surface area contributed by atoms with E-state index in [1.54, 1.807) is 11.8 Å². The summed E-state index contributed by atoms with van der Waals surface area (Å²) in [5.74, 6) is 1.02. The lowest BCUT2D eigenvalue weighted by Crippen LogP contribution is -2.15. The van der Waals surface area contributed by atoms with Gasteiger partial charge in [0.25, 0.3) is 0 Å². The molecule has 0 bridgehead atoms. The lowest BCUT2D eigenvalue weighted by atomic mass is 10.1. The number of nitrogens with two attached hydrogens (primary N) is 1. The minimum Gasteiger partial charge on any atom is -0.389 e. The summed E-state index contributed by atoms with van der Waals surface area (Å²) in [5, 5.41) is 3.50. The average Bonchev–Trinajstić information content (AvgIpc) is 2.46. The Morgan fingerprint density at radius 1 is 1.14 bits per heavy atom. The fourth-order valence-electron chi connectivity index (χ4n) is 2.34. The third kappa shape index (κ3) is 6.70. The molecular weight excluding hydrogens is 296 g/mol. The minimum absolute atomic E-state index is 0.483. The van der Waals surface area contributed by atoms with Gasteiger partial charge < -0.3 is 11.1 Å². The first kappa shape index (κ1) is 18.3. The monoisotopic (exact) mass is 324 g/mol. The molecule has 2 nitrogen and oxygen atoms in total. The highest BCUT2D eigenvalue weighted by Gasteiger charge is 2.10. The van der Waals surface area contributed by atoms with Crippen LogP contribution in [-0.4, -0.2) is 17.3 Å². The molecule has 4 heteroatoms. The van der Waals surface area contributed by atoms with Crippen molar-refractivity contribution in [3.8, 4) is 0 Å². The lowest BCUT2D eigenvalue weighted by molar-refractivity contribution is 0.617. The second kappa shape index (κ2) is 10.9. The molecule has 1 aromatic carbocycles. The first-order valence-electron chi connectivity index (χ1n) is 8.00. The molecule has 0 aliphatic carbocycles. The van der Waals surface area contributed by atoms with E-state index in [0.717, 1.165) is 23.5 Å². The van der Waals surface area contributed by atoms with E-state index in [2.05, 4.69) is 37.4 Å². The van der Waals surface area contributed by atoms with Crippen LogP contribution in [0, 0.1) is 0 Å². The quantitative estimate of drug-likeness (QED) is 0.333. The molecule has 0 unspecified atom stereocenters. The van der Waals surface area contributed by atoms with Crippen molar-refractivity contribution in [2.75, 3.05) is 17.6 Å². The Kier molecular flexibility index (Phi) is 9.51. The molecular formula is C17H28N2S2. The van der Waals surface area contributed by atoms with Gasteiger partial charge in [-0.15, -0.1) is 11.8 Å². The molecule has 0 spiro atoms. The summed E-state index contributed by atoms with van der Waals surface area (Å²) in [5.41, 5.74) is 7.99. The summed E-state index contributed by atoms with van der Waals surface area (Å²) in [7, 11) is 0. The number of hydrogen-bond acceptors (Lipinski definition) is 3. The molecule has 118 valence electrons. The number of nitrogens with one attached hydrogen (secondary N) is 1. The van der Waals surface area contributed by atoms with Crippen LogP contribution in [0.4, 0.5) is 5.69 Å². The van der Waals surface area contributed by atoms with Crippen molar-refractivity contribution in [1.82, 2.24) is 0 Å². The van der Waals surface area contributed by atoms with Crippen molar-refractivity contribution >= 4 is 34.7 Å². The van der Waals surface area contributed by atoms with E-state index in [1.807, 2.05) is 0 Å². The molecule has 0 saturated heterocycles. The van der Waals surface area contributed by atoms with Crippen LogP contribution in [0.25, 0.3) is 0 Å². The van der Waals surface area contributed by atoms with Crippen LogP contribution < -0.4 is 11.1 Å². The second-order valence-electron chi connectivity index (χ2n) is 5.17. The summed E-state index contributed by atoms with van der Waals surface area (Å²) in [4.78, 5) is 1.66. The number of thiocarbonyl (C=S) groups is 1. The summed E-state index contributed by atoms with van der Waals surface area (Å²) in [6, 6.07) is 6.24. The molecule has 1 aromatic rings. The van der Waals surface area contributed by atoms with Gasteiger partial charge in [-0.05, 0) is 24.3 Å². The van der Waals surface area contributed by atoms with Crippen molar-refractivity contribution in [3.05, 3.63) is 23.8 Å². The van der Waals surface area contributed by atoms with Crippen molar-refractivity contribution in [2.24, 2.45) is 5.73 Å². The van der Waals surface area contributed by atoms with Gasteiger partial charge in [-0.25, -0.2) is 0 Å². The van der Waals surface area contributed by atoms with Gasteiger partial charge in [0.2, 0.25) is 0 Å². The SMILES string of the molecule is CCCCCCCCNc1cccc(SCC)c1C(N)=S. The average molecular weight is 325 g/mol. The van der Waals surface area contributed by atoms with Crippen molar-refractivity contribution in [1.29, 1.82) is 0 Å². The van der Waals surface area contributed by atoms with E-state index < -0.39 is 0 Å². The summed E-state index contributed by atoms with van der Waals surface area (Å²) < 4.78 is 0. The van der Waals surface area contributed by atoms with Crippen LogP contribution in [0.3, 0.4) is 0 Å². The molecule has 0 amide bonds. The van der Waals surface area contributed by atoms with Crippen molar-refractivity contribution in [3.63, 3.8) is 0 Å². The lowest BCUT2D eigenvalue weighted by Gasteiger charge is -2.14. The molecule has 0 aliphatic rings. The molecule has 21 heavy (non-hydrogen) atoms. The van der Waals surface area contributed by atoms with Crippen molar-refractivity contribution in [2.45, 2.75) is 57.3 Å². The number of unbranched alkanes of at least 4 members (excludes halogenated alkanes) is 5. The largest absolute Gasteiger partial charge is 0.389 e. The zero-order chi connectivity index (χ0) is 15.5. The van der Waals surface area contributed by atoms with Crippen LogP contribution in [0.5, 0.6) is 0 Å². The third-order valence-electron chi connectivity index (χ3n) is 3.42.